The van der Waals surface area contributed by atoms with Gasteiger partial charge in [-0.25, -0.2) is 0 Å². The number of nitrogens with zero attached hydrogens (tertiary/aromatic N) is 3. The molecule has 0 saturated carbocycles. The molecule has 1 heterocycles. The Labute approximate surface area is 149 Å². The number of phenols is 1. The van der Waals surface area contributed by atoms with Crippen molar-refractivity contribution in [2.75, 3.05) is 44.7 Å². The lowest BCUT2D eigenvalue weighted by atomic mass is 10.2. The van der Waals surface area contributed by atoms with Gasteiger partial charge in [0.05, 0.1) is 12.2 Å². The highest BCUT2D eigenvalue weighted by Crippen LogP contribution is 2.27. The molecule has 2 aromatic rings. The molecule has 0 aromatic heterocycles. The van der Waals surface area contributed by atoms with Crippen molar-refractivity contribution in [2.45, 2.75) is 6.54 Å². The quantitative estimate of drug-likeness (QED) is 0.907. The van der Waals surface area contributed by atoms with Crippen molar-refractivity contribution in [1.82, 2.24) is 9.80 Å². The van der Waals surface area contributed by atoms with Crippen molar-refractivity contribution >= 4 is 11.6 Å². The van der Waals surface area contributed by atoms with Crippen molar-refractivity contribution in [3.05, 3.63) is 60.2 Å². The fourth-order valence-corrected chi connectivity index (χ4v) is 3.14. The fourth-order valence-electron chi connectivity index (χ4n) is 3.14. The van der Waals surface area contributed by atoms with Gasteiger partial charge in [-0.05, 0) is 17.7 Å². The second-order valence-electron chi connectivity index (χ2n) is 6.49. The third-order valence-electron chi connectivity index (χ3n) is 4.64. The molecule has 1 saturated heterocycles. The number of rotatable bonds is 5. The number of aromatic hydroxyl groups is 1. The molecule has 5 nitrogen and oxygen atoms in total. The van der Waals surface area contributed by atoms with E-state index in [0.29, 0.717) is 18.8 Å². The maximum Gasteiger partial charge on any atom is 0.236 e. The van der Waals surface area contributed by atoms with Crippen LogP contribution < -0.4 is 4.90 Å². The maximum atomic E-state index is 12.5. The molecular weight excluding hydrogens is 314 g/mol. The molecule has 0 spiro atoms. The molecule has 1 aliphatic heterocycles. The Hall–Kier alpha value is -2.53. The van der Waals surface area contributed by atoms with Crippen molar-refractivity contribution in [1.29, 1.82) is 0 Å². The number of para-hydroxylation sites is 2. The van der Waals surface area contributed by atoms with Crippen LogP contribution in [-0.2, 0) is 11.3 Å². The summed E-state index contributed by atoms with van der Waals surface area (Å²) in [7, 11) is 1.85. The van der Waals surface area contributed by atoms with Crippen LogP contribution in [-0.4, -0.2) is 60.6 Å². The highest BCUT2D eigenvalue weighted by molar-refractivity contribution is 5.78. The smallest absolute Gasteiger partial charge is 0.236 e. The molecule has 0 bridgehead atoms. The topological polar surface area (TPSA) is 47.0 Å². The Kier molecular flexibility index (Phi) is 5.56. The van der Waals surface area contributed by atoms with Gasteiger partial charge in [0, 0.05) is 39.8 Å². The van der Waals surface area contributed by atoms with Crippen molar-refractivity contribution in [3.63, 3.8) is 0 Å². The summed E-state index contributed by atoms with van der Waals surface area (Å²) in [6.07, 6.45) is 0. The zero-order valence-corrected chi connectivity index (χ0v) is 14.6. The monoisotopic (exact) mass is 339 g/mol. The van der Waals surface area contributed by atoms with Gasteiger partial charge < -0.3 is 14.9 Å². The molecule has 0 aliphatic carbocycles. The van der Waals surface area contributed by atoms with E-state index in [-0.39, 0.29) is 5.91 Å². The predicted molar refractivity (Wildman–Crippen MR) is 99.7 cm³/mol. The third-order valence-corrected chi connectivity index (χ3v) is 4.64. The number of piperazine rings is 1. The Morgan fingerprint density at radius 2 is 1.64 bits per heavy atom. The number of amides is 1. The Morgan fingerprint density at radius 3 is 2.32 bits per heavy atom. The van der Waals surface area contributed by atoms with Gasteiger partial charge in [0.1, 0.15) is 5.75 Å². The number of benzene rings is 2. The number of hydrogen-bond acceptors (Lipinski definition) is 4. The van der Waals surface area contributed by atoms with E-state index in [0.717, 1.165) is 37.4 Å². The summed E-state index contributed by atoms with van der Waals surface area (Å²) < 4.78 is 0. The molecule has 132 valence electrons. The van der Waals surface area contributed by atoms with Gasteiger partial charge in [0.25, 0.3) is 0 Å². The van der Waals surface area contributed by atoms with Gasteiger partial charge in [0.15, 0.2) is 0 Å². The van der Waals surface area contributed by atoms with Crippen molar-refractivity contribution in [2.24, 2.45) is 0 Å². The average molecular weight is 339 g/mol. The van der Waals surface area contributed by atoms with Gasteiger partial charge >= 0.3 is 0 Å². The first-order valence-corrected chi connectivity index (χ1v) is 8.66. The second-order valence-corrected chi connectivity index (χ2v) is 6.49. The van der Waals surface area contributed by atoms with E-state index >= 15 is 0 Å². The molecule has 0 atom stereocenters. The average Bonchev–Trinajstić information content (AvgIpc) is 2.64. The van der Waals surface area contributed by atoms with E-state index in [9.17, 15) is 9.90 Å². The Morgan fingerprint density at radius 1 is 1.00 bits per heavy atom. The molecule has 25 heavy (non-hydrogen) atoms. The van der Waals surface area contributed by atoms with E-state index in [1.54, 1.807) is 11.0 Å². The number of phenolic OH excluding ortho intramolecular Hbond substituents is 1. The van der Waals surface area contributed by atoms with Crippen LogP contribution in [0.4, 0.5) is 5.69 Å². The largest absolute Gasteiger partial charge is 0.506 e. The summed E-state index contributed by atoms with van der Waals surface area (Å²) in [4.78, 5) is 18.6. The SMILES string of the molecule is CN(Cc1ccccc1)C(=O)CN1CCN(c2ccccc2O)CC1. The van der Waals surface area contributed by atoms with Gasteiger partial charge in [0.2, 0.25) is 5.91 Å². The fraction of sp³-hybridized carbons (Fsp3) is 0.350. The molecular formula is C20H25N3O2. The van der Waals surface area contributed by atoms with Crippen LogP contribution in [0.25, 0.3) is 0 Å². The van der Waals surface area contributed by atoms with Gasteiger partial charge in [-0.3, -0.25) is 9.69 Å². The molecule has 0 unspecified atom stereocenters. The first-order valence-electron chi connectivity index (χ1n) is 8.66. The van der Waals surface area contributed by atoms with Crippen molar-refractivity contribution < 1.29 is 9.90 Å². The number of carbonyl (C=O) groups excluding carboxylic acids is 1. The summed E-state index contributed by atoms with van der Waals surface area (Å²) in [5, 5.41) is 9.97. The summed E-state index contributed by atoms with van der Waals surface area (Å²) in [5.41, 5.74) is 2.01. The molecule has 1 amide bonds. The number of likely N-dealkylation sites (N-methyl/N-ethyl adjacent to an activating group) is 1. The molecule has 1 fully saturated rings. The number of anilines is 1. The molecule has 3 rings (SSSR count). The zero-order valence-electron chi connectivity index (χ0n) is 14.6. The Bertz CT molecular complexity index is 697. The minimum Gasteiger partial charge on any atom is -0.506 e. The van der Waals surface area contributed by atoms with Crippen LogP contribution in [0.15, 0.2) is 54.6 Å². The van der Waals surface area contributed by atoms with Crippen molar-refractivity contribution in [3.8, 4) is 5.75 Å². The molecule has 5 heteroatoms. The first kappa shape index (κ1) is 17.3. The summed E-state index contributed by atoms with van der Waals surface area (Å²) >= 11 is 0. The van der Waals surface area contributed by atoms with E-state index in [4.69, 9.17) is 0 Å². The highest BCUT2D eigenvalue weighted by atomic mass is 16.3. The lowest BCUT2D eigenvalue weighted by Crippen LogP contribution is -2.49. The van der Waals surface area contributed by atoms with Crippen LogP contribution in [0, 0.1) is 0 Å². The standard InChI is InChI=1S/C20H25N3O2/c1-21(15-17-7-3-2-4-8-17)20(25)16-22-11-13-23(14-12-22)18-9-5-6-10-19(18)24/h2-10,24H,11-16H2,1H3. The van der Waals surface area contributed by atoms with Gasteiger partial charge in [-0.1, -0.05) is 42.5 Å². The minimum atomic E-state index is 0.139. The number of carbonyl (C=O) groups is 1. The lowest BCUT2D eigenvalue weighted by Gasteiger charge is -2.36. The van der Waals surface area contributed by atoms with Crippen LogP contribution in [0.1, 0.15) is 5.56 Å². The molecule has 2 aromatic carbocycles. The summed E-state index contributed by atoms with van der Waals surface area (Å²) in [5.74, 6) is 0.453. The van der Waals surface area contributed by atoms with Crippen LogP contribution in [0.5, 0.6) is 5.75 Å². The van der Waals surface area contributed by atoms with E-state index in [1.807, 2.05) is 55.6 Å². The normalized spacial score (nSPS) is 15.2. The summed E-state index contributed by atoms with van der Waals surface area (Å²) in [6, 6.07) is 17.4. The third kappa shape index (κ3) is 4.51. The van der Waals surface area contributed by atoms with E-state index in [2.05, 4.69) is 9.80 Å². The summed E-state index contributed by atoms with van der Waals surface area (Å²) in [6.45, 7) is 4.34. The zero-order chi connectivity index (χ0) is 17.6. The Balaban J connectivity index is 1.48. The van der Waals surface area contributed by atoms with E-state index < -0.39 is 0 Å². The maximum absolute atomic E-state index is 12.5. The van der Waals surface area contributed by atoms with Crippen LogP contribution >= 0.6 is 0 Å². The number of hydrogen-bond donors (Lipinski definition) is 1. The van der Waals surface area contributed by atoms with Gasteiger partial charge in [-0.15, -0.1) is 0 Å². The predicted octanol–water partition coefficient (Wildman–Crippen LogP) is 2.17. The molecule has 1 N–H and O–H groups in total. The van der Waals surface area contributed by atoms with Crippen LogP contribution in [0.2, 0.25) is 0 Å². The molecule has 1 aliphatic rings. The molecule has 0 radical (unpaired) electrons. The lowest BCUT2D eigenvalue weighted by molar-refractivity contribution is -0.131. The van der Waals surface area contributed by atoms with E-state index in [1.165, 1.54) is 0 Å². The van der Waals surface area contributed by atoms with Crippen LogP contribution in [0.3, 0.4) is 0 Å². The highest BCUT2D eigenvalue weighted by Gasteiger charge is 2.21. The first-order chi connectivity index (χ1) is 12.1. The minimum absolute atomic E-state index is 0.139. The second kappa shape index (κ2) is 8.03. The van der Waals surface area contributed by atoms with Gasteiger partial charge in [-0.2, -0.15) is 0 Å².